The van der Waals surface area contributed by atoms with Gasteiger partial charge >= 0.3 is 5.97 Å². The molecule has 0 unspecified atom stereocenters. The predicted octanol–water partition coefficient (Wildman–Crippen LogP) is 1.96. The summed E-state index contributed by atoms with van der Waals surface area (Å²) in [5, 5.41) is 13.6. The molecular weight excluding hydrogens is 226 g/mol. The molecule has 0 atom stereocenters. The number of carbonyl (C=O) groups is 1. The van der Waals surface area contributed by atoms with Gasteiger partial charge in [0.15, 0.2) is 0 Å². The smallest absolute Gasteiger partial charge is 0.336 e. The number of nitrogens with one attached hydrogen (secondary N) is 1. The highest BCUT2D eigenvalue weighted by molar-refractivity contribution is 7.10. The monoisotopic (exact) mass is 243 g/mol. The molecule has 0 saturated heterocycles. The van der Waals surface area contributed by atoms with Gasteiger partial charge < -0.3 is 15.2 Å². The summed E-state index contributed by atoms with van der Waals surface area (Å²) in [4.78, 5) is 11.7. The molecule has 0 bridgehead atoms. The quantitative estimate of drug-likeness (QED) is 0.719. The Hall–Kier alpha value is -0.910. The number of rotatable bonds is 7. The van der Waals surface area contributed by atoms with Crippen LogP contribution in [0, 0.1) is 0 Å². The first-order chi connectivity index (χ1) is 7.59. The molecule has 0 amide bonds. The first-order valence-electron chi connectivity index (χ1n) is 5.22. The molecular formula is C11H17NO3S. The van der Waals surface area contributed by atoms with Gasteiger partial charge in [0.1, 0.15) is 0 Å². The Labute approximate surface area is 99.2 Å². The molecule has 0 spiro atoms. The van der Waals surface area contributed by atoms with Crippen molar-refractivity contribution in [3.63, 3.8) is 0 Å². The van der Waals surface area contributed by atoms with Gasteiger partial charge in [0.25, 0.3) is 0 Å². The van der Waals surface area contributed by atoms with Gasteiger partial charge in [0, 0.05) is 23.3 Å². The van der Waals surface area contributed by atoms with Crippen LogP contribution in [0.15, 0.2) is 11.4 Å². The number of ether oxygens (including phenoxy) is 1. The molecule has 0 aliphatic carbocycles. The number of hydrogen-bond donors (Lipinski definition) is 2. The van der Waals surface area contributed by atoms with Crippen molar-refractivity contribution in [2.24, 2.45) is 0 Å². The summed E-state index contributed by atoms with van der Waals surface area (Å²) in [7, 11) is 0. The minimum Gasteiger partial charge on any atom is -0.478 e. The van der Waals surface area contributed by atoms with E-state index in [9.17, 15) is 4.79 Å². The number of thiophene rings is 1. The summed E-state index contributed by atoms with van der Waals surface area (Å²) in [6.07, 6.45) is 0.252. The second-order valence-electron chi connectivity index (χ2n) is 3.70. The van der Waals surface area contributed by atoms with Gasteiger partial charge in [-0.05, 0) is 19.9 Å². The zero-order chi connectivity index (χ0) is 12.0. The summed E-state index contributed by atoms with van der Waals surface area (Å²) in [5.74, 6) is -0.870. The van der Waals surface area contributed by atoms with Crippen LogP contribution in [0.3, 0.4) is 0 Å². The summed E-state index contributed by atoms with van der Waals surface area (Å²) >= 11 is 1.46. The molecule has 0 aromatic carbocycles. The largest absolute Gasteiger partial charge is 0.478 e. The average Bonchev–Trinajstić information content (AvgIpc) is 2.65. The molecule has 0 aliphatic heterocycles. The molecule has 0 fully saturated rings. The van der Waals surface area contributed by atoms with Crippen LogP contribution in [0.2, 0.25) is 0 Å². The van der Waals surface area contributed by atoms with Crippen molar-refractivity contribution in [1.29, 1.82) is 0 Å². The summed E-state index contributed by atoms with van der Waals surface area (Å²) in [6, 6.07) is 1.70. The van der Waals surface area contributed by atoms with E-state index in [1.807, 2.05) is 13.8 Å². The Kier molecular flexibility index (Phi) is 5.45. The van der Waals surface area contributed by atoms with Crippen LogP contribution in [-0.4, -0.2) is 30.3 Å². The van der Waals surface area contributed by atoms with Crippen molar-refractivity contribution in [1.82, 2.24) is 5.32 Å². The van der Waals surface area contributed by atoms with Crippen molar-refractivity contribution in [2.75, 3.05) is 13.2 Å². The molecule has 5 heteroatoms. The molecule has 1 rings (SSSR count). The number of hydrogen-bond acceptors (Lipinski definition) is 4. The third-order valence-electron chi connectivity index (χ3n) is 1.93. The van der Waals surface area contributed by atoms with Crippen molar-refractivity contribution >= 4 is 17.3 Å². The number of carboxylic acid groups (broad SMARTS) is 1. The summed E-state index contributed by atoms with van der Waals surface area (Å²) < 4.78 is 5.37. The Bertz CT molecular complexity index is 336. The fraction of sp³-hybridized carbons (Fsp3) is 0.545. The normalized spacial score (nSPS) is 10.9. The highest BCUT2D eigenvalue weighted by Crippen LogP contribution is 2.14. The van der Waals surface area contributed by atoms with E-state index in [1.54, 1.807) is 11.4 Å². The van der Waals surface area contributed by atoms with Crippen molar-refractivity contribution in [3.05, 3.63) is 21.9 Å². The van der Waals surface area contributed by atoms with Gasteiger partial charge in [0.2, 0.25) is 0 Å². The van der Waals surface area contributed by atoms with Crippen LogP contribution < -0.4 is 5.32 Å². The second kappa shape index (κ2) is 6.62. The summed E-state index contributed by atoms with van der Waals surface area (Å²) in [6.45, 7) is 6.14. The third-order valence-corrected chi connectivity index (χ3v) is 2.87. The van der Waals surface area contributed by atoms with Gasteiger partial charge in [-0.15, -0.1) is 11.3 Å². The molecule has 4 nitrogen and oxygen atoms in total. The maximum Gasteiger partial charge on any atom is 0.336 e. The zero-order valence-corrected chi connectivity index (χ0v) is 10.3. The van der Waals surface area contributed by atoms with E-state index in [2.05, 4.69) is 5.32 Å². The Morgan fingerprint density at radius 2 is 2.38 bits per heavy atom. The average molecular weight is 243 g/mol. The summed E-state index contributed by atoms with van der Waals surface area (Å²) in [5.41, 5.74) is 0.361. The molecule has 16 heavy (non-hydrogen) atoms. The fourth-order valence-electron chi connectivity index (χ4n) is 1.16. The lowest BCUT2D eigenvalue weighted by molar-refractivity contribution is 0.0697. The van der Waals surface area contributed by atoms with E-state index >= 15 is 0 Å². The molecule has 1 heterocycles. The van der Waals surface area contributed by atoms with E-state index in [0.29, 0.717) is 18.7 Å². The minimum atomic E-state index is -0.870. The predicted molar refractivity (Wildman–Crippen MR) is 64.1 cm³/mol. The topological polar surface area (TPSA) is 58.6 Å². The van der Waals surface area contributed by atoms with Gasteiger partial charge in [-0.25, -0.2) is 4.79 Å². The third kappa shape index (κ3) is 4.74. The van der Waals surface area contributed by atoms with E-state index < -0.39 is 5.97 Å². The SMILES string of the molecule is CC(C)OCCNCc1cc(C(=O)O)cs1. The van der Waals surface area contributed by atoms with Crippen LogP contribution in [0.25, 0.3) is 0 Å². The number of aromatic carboxylic acids is 1. The van der Waals surface area contributed by atoms with Crippen molar-refractivity contribution in [3.8, 4) is 0 Å². The first kappa shape index (κ1) is 13.2. The molecule has 2 N–H and O–H groups in total. The maximum absolute atomic E-state index is 10.6. The second-order valence-corrected chi connectivity index (χ2v) is 4.70. The molecule has 1 aromatic rings. The van der Waals surface area contributed by atoms with Crippen LogP contribution >= 0.6 is 11.3 Å². The van der Waals surface area contributed by atoms with Gasteiger partial charge in [-0.3, -0.25) is 0 Å². The lowest BCUT2D eigenvalue weighted by atomic mass is 10.3. The number of carboxylic acids is 1. The van der Waals surface area contributed by atoms with E-state index in [1.165, 1.54) is 11.3 Å². The Balaban J connectivity index is 2.19. The van der Waals surface area contributed by atoms with E-state index in [0.717, 1.165) is 11.4 Å². The van der Waals surface area contributed by atoms with Crippen molar-refractivity contribution < 1.29 is 14.6 Å². The van der Waals surface area contributed by atoms with Crippen molar-refractivity contribution in [2.45, 2.75) is 26.5 Å². The van der Waals surface area contributed by atoms with Gasteiger partial charge in [0.05, 0.1) is 18.3 Å². The Morgan fingerprint density at radius 3 is 2.94 bits per heavy atom. The van der Waals surface area contributed by atoms with Gasteiger partial charge in [-0.2, -0.15) is 0 Å². The molecule has 1 aromatic heterocycles. The standard InChI is InChI=1S/C11H17NO3S/c1-8(2)15-4-3-12-6-10-5-9(7-16-10)11(13)14/h5,7-8,12H,3-4,6H2,1-2H3,(H,13,14). The first-order valence-corrected chi connectivity index (χ1v) is 6.10. The van der Waals surface area contributed by atoms with Crippen LogP contribution in [-0.2, 0) is 11.3 Å². The Morgan fingerprint density at radius 1 is 1.62 bits per heavy atom. The highest BCUT2D eigenvalue weighted by atomic mass is 32.1. The lowest BCUT2D eigenvalue weighted by Crippen LogP contribution is -2.20. The van der Waals surface area contributed by atoms with E-state index in [4.69, 9.17) is 9.84 Å². The van der Waals surface area contributed by atoms with Gasteiger partial charge in [-0.1, -0.05) is 0 Å². The molecule has 0 radical (unpaired) electrons. The molecule has 0 saturated carbocycles. The fourth-order valence-corrected chi connectivity index (χ4v) is 1.99. The molecule has 0 aliphatic rings. The maximum atomic E-state index is 10.6. The zero-order valence-electron chi connectivity index (χ0n) is 9.53. The van der Waals surface area contributed by atoms with Crippen LogP contribution in [0.1, 0.15) is 29.1 Å². The van der Waals surface area contributed by atoms with Crippen LogP contribution in [0.4, 0.5) is 0 Å². The molecule has 90 valence electrons. The van der Waals surface area contributed by atoms with E-state index in [-0.39, 0.29) is 6.10 Å². The minimum absolute atomic E-state index is 0.252. The highest BCUT2D eigenvalue weighted by Gasteiger charge is 2.05. The lowest BCUT2D eigenvalue weighted by Gasteiger charge is -2.07. The van der Waals surface area contributed by atoms with Crippen LogP contribution in [0.5, 0.6) is 0 Å².